The lowest BCUT2D eigenvalue weighted by molar-refractivity contribution is 0.0994. The number of hydrogen-bond donors (Lipinski definition) is 2. The van der Waals surface area contributed by atoms with Gasteiger partial charge in [0.05, 0.1) is 22.5 Å². The predicted molar refractivity (Wildman–Crippen MR) is 128 cm³/mol. The highest BCUT2D eigenvalue weighted by molar-refractivity contribution is 7.14. The quantitative estimate of drug-likeness (QED) is 0.367. The zero-order valence-electron chi connectivity index (χ0n) is 18.8. The monoisotopic (exact) mass is 493 g/mol. The number of H-pyrrole nitrogens is 1. The van der Waals surface area contributed by atoms with Gasteiger partial charge in [0, 0.05) is 41.9 Å². The highest BCUT2D eigenvalue weighted by atomic mass is 32.1. The van der Waals surface area contributed by atoms with Gasteiger partial charge in [0.1, 0.15) is 11.6 Å². The number of nitrogens with zero attached hydrogens (tertiary/aromatic N) is 3. The Labute approximate surface area is 202 Å². The summed E-state index contributed by atoms with van der Waals surface area (Å²) >= 11 is 1.47. The first-order valence-electron chi connectivity index (χ1n) is 11.4. The first-order valence-corrected chi connectivity index (χ1v) is 12.2. The first kappa shape index (κ1) is 21.8. The molecule has 2 bridgehead atoms. The molecule has 178 valence electrons. The summed E-state index contributed by atoms with van der Waals surface area (Å²) < 4.78 is 31.6. The summed E-state index contributed by atoms with van der Waals surface area (Å²) in [6.07, 6.45) is 7.48. The van der Waals surface area contributed by atoms with Gasteiger partial charge in [0.2, 0.25) is 0 Å². The predicted octanol–water partition coefficient (Wildman–Crippen LogP) is 5.04. The van der Waals surface area contributed by atoms with Gasteiger partial charge in [-0.25, -0.2) is 13.8 Å². The molecule has 2 N–H and O–H groups in total. The second-order valence-corrected chi connectivity index (χ2v) is 10.2. The Morgan fingerprint density at radius 3 is 2.89 bits per heavy atom. The fraction of sp³-hybridized carbons (Fsp3) is 0.280. The number of benzene rings is 1. The third-order valence-corrected chi connectivity index (χ3v) is 8.29. The molecule has 6 rings (SSSR count). The van der Waals surface area contributed by atoms with Crippen molar-refractivity contribution in [1.29, 1.82) is 0 Å². The number of hydrogen-bond acceptors (Lipinski definition) is 6. The van der Waals surface area contributed by atoms with Crippen LogP contribution in [0.3, 0.4) is 0 Å². The molecule has 1 fully saturated rings. The van der Waals surface area contributed by atoms with Gasteiger partial charge in [-0.05, 0) is 54.9 Å². The number of thiophene rings is 1. The number of ketones is 1. The summed E-state index contributed by atoms with van der Waals surface area (Å²) in [6.45, 7) is 0. The van der Waals surface area contributed by atoms with E-state index >= 15 is 4.39 Å². The van der Waals surface area contributed by atoms with Gasteiger partial charge in [-0.15, -0.1) is 11.3 Å². The van der Waals surface area contributed by atoms with Gasteiger partial charge in [-0.1, -0.05) is 0 Å². The minimum Gasteiger partial charge on any atom is -0.333 e. The van der Waals surface area contributed by atoms with E-state index in [-0.39, 0.29) is 34.8 Å². The fourth-order valence-corrected chi connectivity index (χ4v) is 6.51. The normalized spacial score (nSPS) is 18.1. The lowest BCUT2D eigenvalue weighted by Gasteiger charge is -2.12. The van der Waals surface area contributed by atoms with E-state index in [2.05, 4.69) is 20.5 Å². The van der Waals surface area contributed by atoms with E-state index in [1.807, 2.05) is 6.07 Å². The average Bonchev–Trinajstić information content (AvgIpc) is 3.62. The molecule has 7 nitrogen and oxygen atoms in total. The number of Topliss-reactive ketones (excluding diaryl/α,β-unsaturated/α-hetero) is 1. The lowest BCUT2D eigenvalue weighted by atomic mass is 9.97. The van der Waals surface area contributed by atoms with E-state index in [9.17, 15) is 14.0 Å². The molecule has 2 aliphatic rings. The molecule has 3 heterocycles. The largest absolute Gasteiger partial charge is 0.333 e. The van der Waals surface area contributed by atoms with Gasteiger partial charge >= 0.3 is 0 Å². The highest BCUT2D eigenvalue weighted by Gasteiger charge is 2.39. The van der Waals surface area contributed by atoms with Crippen LogP contribution in [0, 0.1) is 11.6 Å². The van der Waals surface area contributed by atoms with Crippen molar-refractivity contribution in [3.63, 3.8) is 0 Å². The van der Waals surface area contributed by atoms with Crippen molar-refractivity contribution in [3.05, 3.63) is 79.7 Å². The zero-order chi connectivity index (χ0) is 24.3. The minimum atomic E-state index is -0.858. The number of fused-ring (bicyclic) bond motifs is 5. The van der Waals surface area contributed by atoms with Crippen LogP contribution in [0.15, 0.2) is 41.6 Å². The van der Waals surface area contributed by atoms with Gasteiger partial charge < -0.3 is 9.88 Å². The Morgan fingerprint density at radius 2 is 2.11 bits per heavy atom. The Balaban J connectivity index is 1.33. The van der Waals surface area contributed by atoms with Crippen molar-refractivity contribution in [3.8, 4) is 11.3 Å². The summed E-state index contributed by atoms with van der Waals surface area (Å²) in [5.74, 6) is -0.928. The number of nitrogens with one attached hydrogen (secondary N) is 2. The molecule has 2 unspecified atom stereocenters. The van der Waals surface area contributed by atoms with Crippen molar-refractivity contribution in [2.45, 2.75) is 37.5 Å². The van der Waals surface area contributed by atoms with Crippen molar-refractivity contribution in [2.75, 3.05) is 5.32 Å². The molecule has 1 aromatic carbocycles. The molecule has 0 spiro atoms. The van der Waals surface area contributed by atoms with Crippen LogP contribution in [-0.4, -0.2) is 25.5 Å². The second kappa shape index (κ2) is 8.23. The highest BCUT2D eigenvalue weighted by Crippen LogP contribution is 2.56. The van der Waals surface area contributed by atoms with Crippen LogP contribution in [0.25, 0.3) is 11.3 Å². The van der Waals surface area contributed by atoms with Gasteiger partial charge in [0.15, 0.2) is 11.6 Å². The first-order chi connectivity index (χ1) is 16.9. The zero-order valence-corrected chi connectivity index (χ0v) is 19.6. The molecule has 10 heteroatoms. The van der Waals surface area contributed by atoms with Crippen molar-refractivity contribution in [1.82, 2.24) is 19.7 Å². The maximum Gasteiger partial charge on any atom is 0.293 e. The summed E-state index contributed by atoms with van der Waals surface area (Å²) in [5.41, 5.74) is 1.17. The van der Waals surface area contributed by atoms with E-state index in [1.165, 1.54) is 51.9 Å². The molecule has 0 saturated heterocycles. The number of rotatable bonds is 6. The van der Waals surface area contributed by atoms with Crippen LogP contribution in [-0.2, 0) is 13.5 Å². The van der Waals surface area contributed by atoms with Crippen molar-refractivity contribution in [2.24, 2.45) is 7.05 Å². The number of carbonyl (C=O) groups excluding carboxylic acids is 1. The van der Waals surface area contributed by atoms with E-state index in [1.54, 1.807) is 6.20 Å². The maximum absolute atomic E-state index is 15.6. The van der Waals surface area contributed by atoms with Gasteiger partial charge in [-0.3, -0.25) is 14.7 Å². The molecule has 0 radical (unpaired) electrons. The topological polar surface area (TPSA) is 92.7 Å². The minimum absolute atomic E-state index is 0.00626. The van der Waals surface area contributed by atoms with Crippen LogP contribution in [0.2, 0.25) is 0 Å². The lowest BCUT2D eigenvalue weighted by Crippen LogP contribution is -2.21. The molecule has 2 aliphatic carbocycles. The standard InChI is InChI=1S/C25H21F2N5O2S/c1-32-11-19(31-24(25(32)34)30-14-9-28-29-10-14)15-4-5-18(26)17(22(15)27)7-20(33)21-8-16-12-2-3-13(6-12)23(16)35-21/h4-5,8-13H,2-3,6-7H2,1H3,(H,28,29)(H,30,31). The fourth-order valence-electron chi connectivity index (χ4n) is 5.18. The Hall–Kier alpha value is -3.66. The number of carbonyl (C=O) groups is 1. The van der Waals surface area contributed by atoms with E-state index in [0.29, 0.717) is 22.4 Å². The molecular formula is C25H21F2N5O2S. The number of aryl methyl sites for hydroxylation is 1. The van der Waals surface area contributed by atoms with E-state index < -0.39 is 17.2 Å². The summed E-state index contributed by atoms with van der Waals surface area (Å²) in [5, 5.41) is 9.28. The van der Waals surface area contributed by atoms with E-state index in [4.69, 9.17) is 0 Å². The number of aromatic nitrogens is 4. The third kappa shape index (κ3) is 3.68. The molecule has 35 heavy (non-hydrogen) atoms. The number of anilines is 2. The second-order valence-electron chi connectivity index (χ2n) is 9.13. The van der Waals surface area contributed by atoms with Crippen LogP contribution in [0.1, 0.15) is 56.8 Å². The van der Waals surface area contributed by atoms with Crippen LogP contribution >= 0.6 is 11.3 Å². The maximum atomic E-state index is 15.6. The number of halogens is 2. The Morgan fingerprint density at radius 1 is 1.29 bits per heavy atom. The molecule has 0 amide bonds. The molecule has 0 aliphatic heterocycles. The smallest absolute Gasteiger partial charge is 0.293 e. The molecule has 3 aromatic heterocycles. The molecular weight excluding hydrogens is 472 g/mol. The average molecular weight is 494 g/mol. The molecule has 4 aromatic rings. The summed E-state index contributed by atoms with van der Waals surface area (Å²) in [6, 6.07) is 4.32. The van der Waals surface area contributed by atoms with Crippen molar-refractivity contribution >= 4 is 28.6 Å². The number of aromatic amines is 1. The Bertz CT molecular complexity index is 1500. The molecule has 1 saturated carbocycles. The van der Waals surface area contributed by atoms with Crippen LogP contribution in [0.5, 0.6) is 0 Å². The van der Waals surface area contributed by atoms with Gasteiger partial charge in [-0.2, -0.15) is 5.10 Å². The van der Waals surface area contributed by atoms with Crippen molar-refractivity contribution < 1.29 is 13.6 Å². The van der Waals surface area contributed by atoms with E-state index in [0.717, 1.165) is 25.3 Å². The summed E-state index contributed by atoms with van der Waals surface area (Å²) in [4.78, 5) is 31.6. The SMILES string of the molecule is Cn1cc(-c2ccc(F)c(CC(=O)c3cc4c(s3)C3CCC4C3)c2F)nc(Nc2cn[nH]c2)c1=O. The molecule has 2 atom stereocenters. The summed E-state index contributed by atoms with van der Waals surface area (Å²) in [7, 11) is 1.52. The van der Waals surface area contributed by atoms with Crippen LogP contribution < -0.4 is 10.9 Å². The van der Waals surface area contributed by atoms with Gasteiger partial charge in [0.25, 0.3) is 5.56 Å². The Kier molecular flexibility index (Phi) is 5.14. The van der Waals surface area contributed by atoms with Crippen LogP contribution in [0.4, 0.5) is 20.3 Å². The third-order valence-electron chi connectivity index (χ3n) is 6.94.